The Bertz CT molecular complexity index is 1170. The monoisotopic (exact) mass is 485 g/mol. The van der Waals surface area contributed by atoms with Gasteiger partial charge in [0, 0.05) is 38.7 Å². The Balaban J connectivity index is 1.53. The van der Waals surface area contributed by atoms with Crippen LogP contribution in [0.3, 0.4) is 0 Å². The first-order valence-electron chi connectivity index (χ1n) is 11.6. The van der Waals surface area contributed by atoms with Crippen molar-refractivity contribution in [3.63, 3.8) is 0 Å². The highest BCUT2D eigenvalue weighted by Crippen LogP contribution is 2.35. The SMILES string of the molecule is COc1cccc(CNC(=O)[C@@H]2Cc3cc(S(=O)(=O)N4CCCCCC4)ccc3N2C(C)=O)c1. The van der Waals surface area contributed by atoms with E-state index in [1.807, 2.05) is 24.3 Å². The highest BCUT2D eigenvalue weighted by Gasteiger charge is 2.38. The number of sulfonamides is 1. The van der Waals surface area contributed by atoms with Crippen LogP contribution in [0.15, 0.2) is 47.4 Å². The summed E-state index contributed by atoms with van der Waals surface area (Å²) in [5.41, 5.74) is 2.15. The number of anilines is 1. The van der Waals surface area contributed by atoms with Gasteiger partial charge in [-0.2, -0.15) is 4.31 Å². The summed E-state index contributed by atoms with van der Waals surface area (Å²) < 4.78 is 33.3. The highest BCUT2D eigenvalue weighted by molar-refractivity contribution is 7.89. The highest BCUT2D eigenvalue weighted by atomic mass is 32.2. The van der Waals surface area contributed by atoms with Crippen molar-refractivity contribution in [2.45, 2.75) is 56.5 Å². The lowest BCUT2D eigenvalue weighted by Gasteiger charge is -2.24. The first kappa shape index (κ1) is 24.2. The van der Waals surface area contributed by atoms with Crippen molar-refractivity contribution in [3.05, 3.63) is 53.6 Å². The zero-order chi connectivity index (χ0) is 24.3. The number of benzene rings is 2. The third-order valence-electron chi connectivity index (χ3n) is 6.48. The quantitative estimate of drug-likeness (QED) is 0.679. The summed E-state index contributed by atoms with van der Waals surface area (Å²) in [6, 6.07) is 11.5. The van der Waals surface area contributed by atoms with Gasteiger partial charge in [-0.15, -0.1) is 0 Å². The van der Waals surface area contributed by atoms with Gasteiger partial charge in [0.25, 0.3) is 0 Å². The predicted molar refractivity (Wildman–Crippen MR) is 129 cm³/mol. The zero-order valence-corrected chi connectivity index (χ0v) is 20.4. The van der Waals surface area contributed by atoms with Crippen molar-refractivity contribution in [2.24, 2.45) is 0 Å². The molecule has 9 heteroatoms. The Morgan fingerprint density at radius 3 is 2.47 bits per heavy atom. The van der Waals surface area contributed by atoms with Gasteiger partial charge in [0.1, 0.15) is 11.8 Å². The fourth-order valence-corrected chi connectivity index (χ4v) is 6.28. The van der Waals surface area contributed by atoms with Gasteiger partial charge in [-0.3, -0.25) is 14.5 Å². The molecule has 34 heavy (non-hydrogen) atoms. The predicted octanol–water partition coefficient (Wildman–Crippen LogP) is 2.85. The molecule has 0 aliphatic carbocycles. The Labute approximate surface area is 200 Å². The van der Waals surface area contributed by atoms with Gasteiger partial charge >= 0.3 is 0 Å². The van der Waals surface area contributed by atoms with Gasteiger partial charge in [-0.25, -0.2) is 8.42 Å². The van der Waals surface area contributed by atoms with E-state index in [1.54, 1.807) is 29.6 Å². The molecule has 2 heterocycles. The maximum Gasteiger partial charge on any atom is 0.243 e. The van der Waals surface area contributed by atoms with E-state index in [1.165, 1.54) is 11.8 Å². The van der Waals surface area contributed by atoms with Crippen LogP contribution in [0.4, 0.5) is 5.69 Å². The van der Waals surface area contributed by atoms with Crippen LogP contribution in [0, 0.1) is 0 Å². The van der Waals surface area contributed by atoms with Crippen LogP contribution in [-0.4, -0.2) is 50.8 Å². The number of methoxy groups -OCH3 is 1. The van der Waals surface area contributed by atoms with E-state index in [9.17, 15) is 18.0 Å². The lowest BCUT2D eigenvalue weighted by molar-refractivity contribution is -0.125. The molecule has 0 radical (unpaired) electrons. The minimum Gasteiger partial charge on any atom is -0.497 e. The molecule has 1 atom stereocenters. The van der Waals surface area contributed by atoms with Gasteiger partial charge in [-0.1, -0.05) is 25.0 Å². The molecule has 1 N–H and O–H groups in total. The van der Waals surface area contributed by atoms with Gasteiger partial charge < -0.3 is 10.1 Å². The van der Waals surface area contributed by atoms with Crippen LogP contribution >= 0.6 is 0 Å². The number of rotatable bonds is 6. The van der Waals surface area contributed by atoms with Crippen molar-refractivity contribution in [3.8, 4) is 5.75 Å². The summed E-state index contributed by atoms with van der Waals surface area (Å²) in [6.45, 7) is 2.76. The molecule has 0 spiro atoms. The third kappa shape index (κ3) is 4.95. The number of carbonyl (C=O) groups excluding carboxylic acids is 2. The molecule has 1 fully saturated rings. The summed E-state index contributed by atoms with van der Waals surface area (Å²) in [6.07, 6.45) is 4.06. The maximum atomic E-state index is 13.2. The molecule has 4 rings (SSSR count). The topological polar surface area (TPSA) is 96.0 Å². The molecule has 2 aromatic rings. The average Bonchev–Trinajstić information content (AvgIpc) is 3.00. The minimum absolute atomic E-state index is 0.217. The summed E-state index contributed by atoms with van der Waals surface area (Å²) >= 11 is 0. The van der Waals surface area contributed by atoms with E-state index in [4.69, 9.17) is 4.74 Å². The largest absolute Gasteiger partial charge is 0.497 e. The van der Waals surface area contributed by atoms with Crippen molar-refractivity contribution < 1.29 is 22.7 Å². The first-order chi connectivity index (χ1) is 16.3. The molecule has 2 aliphatic heterocycles. The van der Waals surface area contributed by atoms with Gasteiger partial charge in [0.15, 0.2) is 0 Å². The molecular formula is C25H31N3O5S. The maximum absolute atomic E-state index is 13.2. The van der Waals surface area contributed by atoms with Crippen LogP contribution in [0.2, 0.25) is 0 Å². The lowest BCUT2D eigenvalue weighted by Crippen LogP contribution is -2.47. The second-order valence-electron chi connectivity index (χ2n) is 8.79. The molecule has 2 aromatic carbocycles. The second kappa shape index (κ2) is 10.1. The van der Waals surface area contributed by atoms with E-state index in [-0.39, 0.29) is 23.1 Å². The molecule has 0 saturated carbocycles. The van der Waals surface area contributed by atoms with Gasteiger partial charge in [0.2, 0.25) is 21.8 Å². The molecule has 1 saturated heterocycles. The number of carbonyl (C=O) groups is 2. The minimum atomic E-state index is -3.62. The first-order valence-corrected chi connectivity index (χ1v) is 13.1. The summed E-state index contributed by atoms with van der Waals surface area (Å²) in [7, 11) is -2.04. The Hall–Kier alpha value is -2.91. The molecule has 2 aliphatic rings. The Morgan fingerprint density at radius 1 is 1.06 bits per heavy atom. The normalized spacial score (nSPS) is 18.8. The van der Waals surface area contributed by atoms with Crippen molar-refractivity contribution in [2.75, 3.05) is 25.1 Å². The standard InChI is InChI=1S/C25H31N3O5S/c1-18(29)28-23-11-10-22(34(31,32)27-12-5-3-4-6-13-27)15-20(23)16-24(28)25(30)26-17-19-8-7-9-21(14-19)33-2/h7-11,14-15,24H,3-6,12-13,16-17H2,1-2H3,(H,26,30)/t24-/m0/s1. The Kier molecular flexibility index (Phi) is 7.23. The summed E-state index contributed by atoms with van der Waals surface area (Å²) in [4.78, 5) is 27.2. The van der Waals surface area contributed by atoms with E-state index in [0.29, 0.717) is 36.6 Å². The van der Waals surface area contributed by atoms with Crippen molar-refractivity contribution in [1.82, 2.24) is 9.62 Å². The molecule has 0 aromatic heterocycles. The van der Waals surface area contributed by atoms with Crippen LogP contribution < -0.4 is 15.0 Å². The second-order valence-corrected chi connectivity index (χ2v) is 10.7. The molecule has 0 bridgehead atoms. The van der Waals surface area contributed by atoms with Crippen LogP contribution in [0.1, 0.15) is 43.7 Å². The van der Waals surface area contributed by atoms with Crippen molar-refractivity contribution >= 4 is 27.5 Å². The summed E-state index contributed by atoms with van der Waals surface area (Å²) in [5, 5.41) is 2.90. The third-order valence-corrected chi connectivity index (χ3v) is 8.38. The Morgan fingerprint density at radius 2 is 1.79 bits per heavy atom. The summed E-state index contributed by atoms with van der Waals surface area (Å²) in [5.74, 6) is 0.151. The number of nitrogens with zero attached hydrogens (tertiary/aromatic N) is 2. The number of nitrogens with one attached hydrogen (secondary N) is 1. The number of hydrogen-bond acceptors (Lipinski definition) is 5. The fourth-order valence-electron chi connectivity index (χ4n) is 4.71. The van der Waals surface area contributed by atoms with Gasteiger partial charge in [0.05, 0.1) is 12.0 Å². The van der Waals surface area contributed by atoms with Gasteiger partial charge in [-0.05, 0) is 54.3 Å². The van der Waals surface area contributed by atoms with E-state index >= 15 is 0 Å². The average molecular weight is 486 g/mol. The fraction of sp³-hybridized carbons (Fsp3) is 0.440. The molecule has 8 nitrogen and oxygen atoms in total. The number of fused-ring (bicyclic) bond motifs is 1. The molecule has 2 amide bonds. The number of ether oxygens (including phenoxy) is 1. The number of hydrogen-bond donors (Lipinski definition) is 1. The van der Waals surface area contributed by atoms with E-state index in [0.717, 1.165) is 31.2 Å². The van der Waals surface area contributed by atoms with E-state index in [2.05, 4.69) is 5.32 Å². The molecule has 182 valence electrons. The smallest absolute Gasteiger partial charge is 0.243 e. The van der Waals surface area contributed by atoms with Crippen LogP contribution in [0.25, 0.3) is 0 Å². The van der Waals surface area contributed by atoms with Crippen LogP contribution in [-0.2, 0) is 32.6 Å². The number of amides is 2. The molecule has 0 unspecified atom stereocenters. The van der Waals surface area contributed by atoms with E-state index < -0.39 is 16.1 Å². The van der Waals surface area contributed by atoms with Crippen molar-refractivity contribution in [1.29, 1.82) is 0 Å². The molecular weight excluding hydrogens is 454 g/mol. The lowest BCUT2D eigenvalue weighted by atomic mass is 10.1. The van der Waals surface area contributed by atoms with Crippen LogP contribution in [0.5, 0.6) is 5.75 Å². The zero-order valence-electron chi connectivity index (χ0n) is 19.6.